The average Bonchev–Trinajstić information content (AvgIpc) is 2.39. The van der Waals surface area contributed by atoms with Crippen molar-refractivity contribution in [3.05, 3.63) is 29.3 Å². The predicted octanol–water partition coefficient (Wildman–Crippen LogP) is 2.66. The van der Waals surface area contributed by atoms with Crippen LogP contribution >= 0.6 is 0 Å². The molecule has 1 fully saturated rings. The first-order valence-electron chi connectivity index (χ1n) is 6.84. The number of benzene rings is 1. The molecular weight excluding hydrogens is 242 g/mol. The number of aliphatic hydroxyl groups is 1. The molecule has 0 radical (unpaired) electrons. The van der Waals surface area contributed by atoms with Crippen LogP contribution in [0.25, 0.3) is 0 Å². The van der Waals surface area contributed by atoms with Gasteiger partial charge in [0.05, 0.1) is 11.7 Å². The summed E-state index contributed by atoms with van der Waals surface area (Å²) < 4.78 is 0. The number of aromatic carboxylic acids is 1. The Morgan fingerprint density at radius 1 is 1.37 bits per heavy atom. The Labute approximate surface area is 113 Å². The lowest BCUT2D eigenvalue weighted by Gasteiger charge is -2.28. The molecule has 3 N–H and O–H groups in total. The minimum absolute atomic E-state index is 0.208. The molecule has 1 aliphatic rings. The van der Waals surface area contributed by atoms with Crippen LogP contribution < -0.4 is 5.32 Å². The molecule has 1 aromatic carbocycles. The van der Waals surface area contributed by atoms with Gasteiger partial charge in [-0.3, -0.25) is 0 Å². The molecule has 4 heteroatoms. The number of rotatable bonds is 4. The molecule has 1 aliphatic carbocycles. The smallest absolute Gasteiger partial charge is 0.335 e. The Hall–Kier alpha value is -1.55. The molecule has 19 heavy (non-hydrogen) atoms. The highest BCUT2D eigenvalue weighted by Crippen LogP contribution is 2.25. The van der Waals surface area contributed by atoms with Crippen molar-refractivity contribution < 1.29 is 15.0 Å². The Morgan fingerprint density at radius 3 is 2.74 bits per heavy atom. The van der Waals surface area contributed by atoms with E-state index < -0.39 is 5.97 Å². The van der Waals surface area contributed by atoms with Crippen LogP contribution in [-0.4, -0.2) is 28.8 Å². The molecule has 0 spiro atoms. The summed E-state index contributed by atoms with van der Waals surface area (Å²) >= 11 is 0. The van der Waals surface area contributed by atoms with Crippen molar-refractivity contribution in [2.24, 2.45) is 5.92 Å². The van der Waals surface area contributed by atoms with Crippen molar-refractivity contribution in [3.63, 3.8) is 0 Å². The molecule has 1 aromatic rings. The number of carboxylic acids is 1. The highest BCUT2D eigenvalue weighted by Gasteiger charge is 2.22. The van der Waals surface area contributed by atoms with Crippen LogP contribution in [0.15, 0.2) is 18.2 Å². The molecule has 4 nitrogen and oxygen atoms in total. The van der Waals surface area contributed by atoms with E-state index in [2.05, 4.69) is 5.32 Å². The summed E-state index contributed by atoms with van der Waals surface area (Å²) in [6.07, 6.45) is 4.04. The van der Waals surface area contributed by atoms with Gasteiger partial charge in [-0.25, -0.2) is 4.79 Å². The molecule has 2 unspecified atom stereocenters. The maximum atomic E-state index is 10.9. The Morgan fingerprint density at radius 2 is 2.11 bits per heavy atom. The van der Waals surface area contributed by atoms with Gasteiger partial charge in [0.1, 0.15) is 0 Å². The first-order chi connectivity index (χ1) is 9.08. The van der Waals surface area contributed by atoms with E-state index in [4.69, 9.17) is 5.11 Å². The van der Waals surface area contributed by atoms with E-state index >= 15 is 0 Å². The molecule has 1 saturated carbocycles. The van der Waals surface area contributed by atoms with Crippen molar-refractivity contribution in [1.29, 1.82) is 0 Å². The van der Waals surface area contributed by atoms with Crippen molar-refractivity contribution in [2.75, 3.05) is 11.9 Å². The lowest BCUT2D eigenvalue weighted by atomic mass is 9.86. The summed E-state index contributed by atoms with van der Waals surface area (Å²) in [6.45, 7) is 2.64. The fraction of sp³-hybridized carbons (Fsp3) is 0.533. The van der Waals surface area contributed by atoms with Crippen LogP contribution in [0.3, 0.4) is 0 Å². The van der Waals surface area contributed by atoms with Crippen LogP contribution in [0.5, 0.6) is 0 Å². The lowest BCUT2D eigenvalue weighted by Crippen LogP contribution is -2.30. The minimum atomic E-state index is -0.905. The third kappa shape index (κ3) is 3.47. The number of hydrogen-bond donors (Lipinski definition) is 3. The standard InChI is InChI=1S/C15H21NO3/c1-10-8-11(15(18)19)6-7-13(10)16-9-12-4-2-3-5-14(12)17/h6-8,12,14,16-17H,2-5,9H2,1H3,(H,18,19). The van der Waals surface area contributed by atoms with Crippen LogP contribution in [0.1, 0.15) is 41.6 Å². The normalized spacial score (nSPS) is 23.1. The zero-order chi connectivity index (χ0) is 13.8. The molecule has 0 amide bonds. The predicted molar refractivity (Wildman–Crippen MR) is 74.6 cm³/mol. The Kier molecular flexibility index (Phi) is 4.43. The van der Waals surface area contributed by atoms with E-state index in [1.165, 1.54) is 6.42 Å². The zero-order valence-corrected chi connectivity index (χ0v) is 11.2. The van der Waals surface area contributed by atoms with Gasteiger partial charge >= 0.3 is 5.97 Å². The second-order valence-electron chi connectivity index (χ2n) is 5.33. The first kappa shape index (κ1) is 13.9. The molecule has 0 bridgehead atoms. The van der Waals surface area contributed by atoms with Crippen LogP contribution in [0.4, 0.5) is 5.69 Å². The third-order valence-corrected chi connectivity index (χ3v) is 3.90. The Bertz CT molecular complexity index is 459. The van der Waals surface area contributed by atoms with E-state index in [0.717, 1.165) is 37.1 Å². The maximum Gasteiger partial charge on any atom is 0.335 e. The topological polar surface area (TPSA) is 69.6 Å². The maximum absolute atomic E-state index is 10.9. The second-order valence-corrected chi connectivity index (χ2v) is 5.33. The minimum Gasteiger partial charge on any atom is -0.478 e. The molecule has 2 atom stereocenters. The molecule has 0 aliphatic heterocycles. The molecular formula is C15H21NO3. The van der Waals surface area contributed by atoms with E-state index in [-0.39, 0.29) is 6.10 Å². The van der Waals surface area contributed by atoms with Gasteiger partial charge in [-0.05, 0) is 43.5 Å². The average molecular weight is 263 g/mol. The van der Waals surface area contributed by atoms with E-state index in [0.29, 0.717) is 11.5 Å². The monoisotopic (exact) mass is 263 g/mol. The Balaban J connectivity index is 1.97. The number of carboxylic acid groups (broad SMARTS) is 1. The number of anilines is 1. The van der Waals surface area contributed by atoms with Gasteiger partial charge in [0.2, 0.25) is 0 Å². The molecule has 0 aromatic heterocycles. The number of hydrogen-bond acceptors (Lipinski definition) is 3. The van der Waals surface area contributed by atoms with Gasteiger partial charge in [0.15, 0.2) is 0 Å². The van der Waals surface area contributed by atoms with Crippen molar-refractivity contribution in [1.82, 2.24) is 0 Å². The molecule has 2 rings (SSSR count). The summed E-state index contributed by atoms with van der Waals surface area (Å²) in [5.41, 5.74) is 2.17. The molecule has 0 heterocycles. The van der Waals surface area contributed by atoms with E-state index in [9.17, 15) is 9.90 Å². The van der Waals surface area contributed by atoms with Crippen molar-refractivity contribution >= 4 is 11.7 Å². The van der Waals surface area contributed by atoms with Crippen molar-refractivity contribution in [2.45, 2.75) is 38.7 Å². The number of aliphatic hydroxyl groups excluding tert-OH is 1. The summed E-state index contributed by atoms with van der Waals surface area (Å²) in [4.78, 5) is 10.9. The first-order valence-corrected chi connectivity index (χ1v) is 6.84. The molecule has 0 saturated heterocycles. The van der Waals surface area contributed by atoms with Gasteiger partial charge in [-0.15, -0.1) is 0 Å². The third-order valence-electron chi connectivity index (χ3n) is 3.90. The van der Waals surface area contributed by atoms with Crippen LogP contribution in [-0.2, 0) is 0 Å². The highest BCUT2D eigenvalue weighted by molar-refractivity contribution is 5.88. The largest absolute Gasteiger partial charge is 0.478 e. The molecule has 104 valence electrons. The SMILES string of the molecule is Cc1cc(C(=O)O)ccc1NCC1CCCCC1O. The number of carbonyl (C=O) groups is 1. The quantitative estimate of drug-likeness (QED) is 0.781. The second kappa shape index (κ2) is 6.06. The fourth-order valence-electron chi connectivity index (χ4n) is 2.66. The lowest BCUT2D eigenvalue weighted by molar-refractivity contribution is 0.0696. The summed E-state index contributed by atoms with van der Waals surface area (Å²) in [5, 5.41) is 22.2. The number of nitrogens with one attached hydrogen (secondary N) is 1. The van der Waals surface area contributed by atoms with Crippen LogP contribution in [0, 0.1) is 12.8 Å². The number of aryl methyl sites for hydroxylation is 1. The highest BCUT2D eigenvalue weighted by atomic mass is 16.4. The van der Waals surface area contributed by atoms with E-state index in [1.807, 2.05) is 6.92 Å². The van der Waals surface area contributed by atoms with Gasteiger partial charge in [-0.1, -0.05) is 12.8 Å². The van der Waals surface area contributed by atoms with Crippen molar-refractivity contribution in [3.8, 4) is 0 Å². The van der Waals surface area contributed by atoms with Gasteiger partial charge in [0.25, 0.3) is 0 Å². The summed E-state index contributed by atoms with van der Waals surface area (Å²) in [7, 11) is 0. The summed E-state index contributed by atoms with van der Waals surface area (Å²) in [5.74, 6) is -0.607. The van der Waals surface area contributed by atoms with Gasteiger partial charge in [0, 0.05) is 18.2 Å². The van der Waals surface area contributed by atoms with Gasteiger partial charge in [-0.2, -0.15) is 0 Å². The fourth-order valence-corrected chi connectivity index (χ4v) is 2.66. The van der Waals surface area contributed by atoms with Crippen LogP contribution in [0.2, 0.25) is 0 Å². The van der Waals surface area contributed by atoms with Gasteiger partial charge < -0.3 is 15.5 Å². The summed E-state index contributed by atoms with van der Waals surface area (Å²) in [6, 6.07) is 5.07. The van der Waals surface area contributed by atoms with E-state index in [1.54, 1.807) is 18.2 Å². The zero-order valence-electron chi connectivity index (χ0n) is 11.2.